The highest BCUT2D eigenvalue weighted by molar-refractivity contribution is 5.82. The van der Waals surface area contributed by atoms with Crippen LogP contribution < -0.4 is 0 Å². The Hall–Kier alpha value is -2.34. The molecule has 0 spiro atoms. The fourth-order valence-corrected chi connectivity index (χ4v) is 1.23. The van der Waals surface area contributed by atoms with Gasteiger partial charge in [-0.15, -0.1) is 0 Å². The molecule has 1 aromatic carbocycles. The quantitative estimate of drug-likeness (QED) is 0.451. The third-order valence-electron chi connectivity index (χ3n) is 1.99. The number of rotatable bonds is 4. The Morgan fingerprint density at radius 2 is 2.18 bits per heavy atom. The van der Waals surface area contributed by atoms with Gasteiger partial charge in [0, 0.05) is 6.08 Å². The van der Waals surface area contributed by atoms with E-state index in [1.165, 1.54) is 6.08 Å². The van der Waals surface area contributed by atoms with E-state index in [9.17, 15) is 4.79 Å². The molecule has 0 saturated carbocycles. The first-order valence-corrected chi connectivity index (χ1v) is 5.28. The summed E-state index contributed by atoms with van der Waals surface area (Å²) in [7, 11) is 0. The number of benzene rings is 1. The van der Waals surface area contributed by atoms with Gasteiger partial charge in [0.25, 0.3) is 0 Å². The molecule has 0 N–H and O–H groups in total. The minimum atomic E-state index is -0.370. The Morgan fingerprint density at radius 1 is 1.41 bits per heavy atom. The van der Waals surface area contributed by atoms with Gasteiger partial charge < -0.3 is 4.74 Å². The minimum absolute atomic E-state index is 0.365. The molecule has 0 aliphatic carbocycles. The fraction of sp³-hybridized carbons (Fsp3) is 0.143. The minimum Gasteiger partial charge on any atom is -0.463 e. The van der Waals surface area contributed by atoms with E-state index in [4.69, 9.17) is 10.00 Å². The fourth-order valence-electron chi connectivity index (χ4n) is 1.23. The largest absolute Gasteiger partial charge is 0.463 e. The molecule has 0 radical (unpaired) electrons. The number of carbonyl (C=O) groups excluding carboxylic acids is 1. The van der Waals surface area contributed by atoms with Crippen LogP contribution >= 0.6 is 0 Å². The highest BCUT2D eigenvalue weighted by atomic mass is 16.5. The van der Waals surface area contributed by atoms with Crippen LogP contribution in [0, 0.1) is 11.3 Å². The molecular formula is C14H13NO2. The molecule has 17 heavy (non-hydrogen) atoms. The van der Waals surface area contributed by atoms with Crippen molar-refractivity contribution in [1.29, 1.82) is 5.26 Å². The number of nitriles is 1. The summed E-state index contributed by atoms with van der Waals surface area (Å²) in [5, 5.41) is 8.86. The monoisotopic (exact) mass is 227 g/mol. The SMILES string of the molecule is CCOC(=O)C=CC=Cc1ccccc1C#N. The van der Waals surface area contributed by atoms with Crippen molar-refractivity contribution < 1.29 is 9.53 Å². The summed E-state index contributed by atoms with van der Waals surface area (Å²) in [4.78, 5) is 11.0. The molecule has 1 aromatic rings. The lowest BCUT2D eigenvalue weighted by Crippen LogP contribution is -1.98. The Bertz CT molecular complexity index is 481. The van der Waals surface area contributed by atoms with Gasteiger partial charge in [-0.05, 0) is 18.6 Å². The summed E-state index contributed by atoms with van der Waals surface area (Å²) in [5.74, 6) is -0.370. The van der Waals surface area contributed by atoms with E-state index in [0.29, 0.717) is 12.2 Å². The van der Waals surface area contributed by atoms with Gasteiger partial charge in [0.05, 0.1) is 18.2 Å². The normalized spacial score (nSPS) is 10.6. The Balaban J connectivity index is 2.66. The Kier molecular flexibility index (Phi) is 5.26. The highest BCUT2D eigenvalue weighted by Crippen LogP contribution is 2.08. The van der Waals surface area contributed by atoms with Crippen LogP contribution in [0.25, 0.3) is 6.08 Å². The van der Waals surface area contributed by atoms with Gasteiger partial charge in [-0.25, -0.2) is 4.79 Å². The molecule has 1 rings (SSSR count). The Morgan fingerprint density at radius 3 is 2.88 bits per heavy atom. The smallest absolute Gasteiger partial charge is 0.330 e. The number of esters is 1. The molecule has 0 unspecified atom stereocenters. The van der Waals surface area contributed by atoms with Crippen molar-refractivity contribution in [3.05, 3.63) is 53.6 Å². The molecule has 3 nitrogen and oxygen atoms in total. The number of ether oxygens (including phenoxy) is 1. The summed E-state index contributed by atoms with van der Waals surface area (Å²) in [5.41, 5.74) is 1.43. The van der Waals surface area contributed by atoms with Crippen LogP contribution in [0.4, 0.5) is 0 Å². The van der Waals surface area contributed by atoms with Gasteiger partial charge in [-0.3, -0.25) is 0 Å². The molecule has 0 aliphatic rings. The van der Waals surface area contributed by atoms with E-state index < -0.39 is 0 Å². The van der Waals surface area contributed by atoms with Crippen molar-refractivity contribution in [3.63, 3.8) is 0 Å². The average Bonchev–Trinajstić information content (AvgIpc) is 2.35. The molecule has 3 heteroatoms. The molecular weight excluding hydrogens is 214 g/mol. The third-order valence-corrected chi connectivity index (χ3v) is 1.99. The standard InChI is InChI=1S/C14H13NO2/c1-2-17-14(16)10-6-5-8-12-7-3-4-9-13(12)11-15/h3-10H,2H2,1H3. The lowest BCUT2D eigenvalue weighted by atomic mass is 10.1. The maximum Gasteiger partial charge on any atom is 0.330 e. The zero-order valence-corrected chi connectivity index (χ0v) is 9.59. The second kappa shape index (κ2) is 7.02. The van der Waals surface area contributed by atoms with Crippen LogP contribution in [0.3, 0.4) is 0 Å². The van der Waals surface area contributed by atoms with Crippen molar-refractivity contribution in [2.45, 2.75) is 6.92 Å². The first-order valence-electron chi connectivity index (χ1n) is 5.28. The van der Waals surface area contributed by atoms with Crippen molar-refractivity contribution in [1.82, 2.24) is 0 Å². The summed E-state index contributed by atoms with van der Waals surface area (Å²) < 4.78 is 4.73. The van der Waals surface area contributed by atoms with Crippen molar-refractivity contribution in [2.24, 2.45) is 0 Å². The molecule has 0 amide bonds. The van der Waals surface area contributed by atoms with E-state index in [-0.39, 0.29) is 5.97 Å². The van der Waals surface area contributed by atoms with E-state index in [2.05, 4.69) is 6.07 Å². The molecule has 0 fully saturated rings. The topological polar surface area (TPSA) is 50.1 Å². The zero-order valence-electron chi connectivity index (χ0n) is 9.59. The van der Waals surface area contributed by atoms with E-state index in [1.54, 1.807) is 31.2 Å². The molecule has 0 atom stereocenters. The second-order valence-corrected chi connectivity index (χ2v) is 3.17. The predicted molar refractivity (Wildman–Crippen MR) is 66.0 cm³/mol. The van der Waals surface area contributed by atoms with Gasteiger partial charge in [-0.1, -0.05) is 36.4 Å². The lowest BCUT2D eigenvalue weighted by Gasteiger charge is -1.95. The first-order chi connectivity index (χ1) is 8.27. The molecule has 86 valence electrons. The van der Waals surface area contributed by atoms with Crippen LogP contribution in [-0.2, 0) is 9.53 Å². The third kappa shape index (κ3) is 4.35. The number of allylic oxidation sites excluding steroid dienone is 2. The summed E-state index contributed by atoms with van der Waals surface area (Å²) in [6.45, 7) is 2.12. The van der Waals surface area contributed by atoms with E-state index >= 15 is 0 Å². The molecule has 0 saturated heterocycles. The second-order valence-electron chi connectivity index (χ2n) is 3.17. The van der Waals surface area contributed by atoms with Crippen LogP contribution in [0.2, 0.25) is 0 Å². The number of nitrogens with zero attached hydrogens (tertiary/aromatic N) is 1. The first kappa shape index (κ1) is 12.7. The van der Waals surface area contributed by atoms with Crippen molar-refractivity contribution >= 4 is 12.0 Å². The van der Waals surface area contributed by atoms with Crippen LogP contribution in [0.1, 0.15) is 18.1 Å². The molecule has 0 bridgehead atoms. The van der Waals surface area contributed by atoms with Crippen molar-refractivity contribution in [2.75, 3.05) is 6.61 Å². The maximum absolute atomic E-state index is 11.0. The van der Waals surface area contributed by atoms with Gasteiger partial charge in [-0.2, -0.15) is 5.26 Å². The van der Waals surface area contributed by atoms with Gasteiger partial charge in [0.15, 0.2) is 0 Å². The number of carbonyl (C=O) groups is 1. The lowest BCUT2D eigenvalue weighted by molar-refractivity contribution is -0.137. The van der Waals surface area contributed by atoms with Gasteiger partial charge in [0.1, 0.15) is 0 Å². The van der Waals surface area contributed by atoms with Crippen molar-refractivity contribution in [3.8, 4) is 6.07 Å². The summed E-state index contributed by atoms with van der Waals surface area (Å²) in [6.07, 6.45) is 6.41. The molecule has 0 aromatic heterocycles. The molecule has 0 aliphatic heterocycles. The molecule has 0 heterocycles. The van der Waals surface area contributed by atoms with Gasteiger partial charge >= 0.3 is 5.97 Å². The van der Waals surface area contributed by atoms with E-state index in [0.717, 1.165) is 5.56 Å². The van der Waals surface area contributed by atoms with Crippen LogP contribution in [0.5, 0.6) is 0 Å². The van der Waals surface area contributed by atoms with Gasteiger partial charge in [0.2, 0.25) is 0 Å². The predicted octanol–water partition coefficient (Wildman–Crippen LogP) is 2.69. The Labute approximate surface area is 101 Å². The van der Waals surface area contributed by atoms with E-state index in [1.807, 2.05) is 18.2 Å². The number of hydrogen-bond acceptors (Lipinski definition) is 3. The summed E-state index contributed by atoms with van der Waals surface area (Å²) >= 11 is 0. The summed E-state index contributed by atoms with van der Waals surface area (Å²) in [6, 6.07) is 9.35. The highest BCUT2D eigenvalue weighted by Gasteiger charge is 1.94. The maximum atomic E-state index is 11.0. The average molecular weight is 227 g/mol. The van der Waals surface area contributed by atoms with Crippen LogP contribution in [-0.4, -0.2) is 12.6 Å². The van der Waals surface area contributed by atoms with Crippen LogP contribution in [0.15, 0.2) is 42.5 Å². The zero-order chi connectivity index (χ0) is 12.5. The number of hydrogen-bond donors (Lipinski definition) is 0.